The molecule has 0 aromatic heterocycles. The van der Waals surface area contributed by atoms with Gasteiger partial charge in [0, 0.05) is 57.5 Å². The minimum absolute atomic E-state index is 0.0204. The lowest BCUT2D eigenvalue weighted by Crippen LogP contribution is -2.42. The summed E-state index contributed by atoms with van der Waals surface area (Å²) in [6.45, 7) is 19.7. The first-order valence-electron chi connectivity index (χ1n) is 16.0. The summed E-state index contributed by atoms with van der Waals surface area (Å²) in [4.78, 5) is 18.2. The first kappa shape index (κ1) is 36.7. The topological polar surface area (TPSA) is 136 Å². The SMILES string of the molecule is CC(C)N1C2=CC(=N\S(=O)(=O)C(F)(F)F)/C(=C3\C(=O)C(c4cc5c(cc4NS(C)(=O)=O)N(C(C)C)C(C)C5(C)C)=C3O)C=C2C(C)(C)C1C. The summed E-state index contributed by atoms with van der Waals surface area (Å²) in [7, 11) is -9.93. The lowest BCUT2D eigenvalue weighted by molar-refractivity contribution is -0.111. The summed E-state index contributed by atoms with van der Waals surface area (Å²) in [5.74, 6) is -1.42. The van der Waals surface area contributed by atoms with Crippen LogP contribution in [0.5, 0.6) is 0 Å². The number of nitrogens with one attached hydrogen (secondary N) is 1. The van der Waals surface area contributed by atoms with Crippen LogP contribution in [0.4, 0.5) is 24.5 Å². The van der Waals surface area contributed by atoms with Gasteiger partial charge in [-0.05, 0) is 77.0 Å². The third kappa shape index (κ3) is 5.60. The van der Waals surface area contributed by atoms with Crippen molar-refractivity contribution >= 4 is 48.5 Å². The van der Waals surface area contributed by atoms with Crippen LogP contribution in [0, 0.1) is 5.41 Å². The Morgan fingerprint density at radius 2 is 1.45 bits per heavy atom. The summed E-state index contributed by atoms with van der Waals surface area (Å²) in [6, 6.07) is 3.02. The van der Waals surface area contributed by atoms with E-state index < -0.39 is 59.2 Å². The number of hydrogen-bond acceptors (Lipinski definition) is 8. The van der Waals surface area contributed by atoms with Gasteiger partial charge in [-0.2, -0.15) is 26.0 Å². The van der Waals surface area contributed by atoms with Gasteiger partial charge in [-0.3, -0.25) is 9.52 Å². The van der Waals surface area contributed by atoms with Crippen molar-refractivity contribution in [2.45, 2.75) is 104 Å². The minimum Gasteiger partial charge on any atom is -0.506 e. The maximum Gasteiger partial charge on any atom is 0.518 e. The monoisotopic (exact) mass is 724 g/mol. The molecule has 0 saturated carbocycles. The highest BCUT2D eigenvalue weighted by Crippen LogP contribution is 2.53. The molecule has 1 fully saturated rings. The van der Waals surface area contributed by atoms with Gasteiger partial charge >= 0.3 is 15.5 Å². The number of carbonyl (C=O) groups is 1. The first-order valence-corrected chi connectivity index (χ1v) is 19.3. The van der Waals surface area contributed by atoms with E-state index in [2.05, 4.69) is 14.0 Å². The number of halogens is 3. The van der Waals surface area contributed by atoms with Crippen molar-refractivity contribution in [2.75, 3.05) is 15.9 Å². The lowest BCUT2D eigenvalue weighted by Gasteiger charge is -2.34. The van der Waals surface area contributed by atoms with Gasteiger partial charge in [-0.25, -0.2) is 8.42 Å². The summed E-state index contributed by atoms with van der Waals surface area (Å²) in [5, 5.41) is 11.6. The van der Waals surface area contributed by atoms with Crippen LogP contribution in [0.2, 0.25) is 0 Å². The van der Waals surface area contributed by atoms with Crippen LogP contribution in [-0.4, -0.2) is 74.3 Å². The molecule has 2 unspecified atom stereocenters. The number of hydrogen-bond donors (Lipinski definition) is 2. The molecule has 0 amide bonds. The molecule has 10 nitrogen and oxygen atoms in total. The van der Waals surface area contributed by atoms with Crippen molar-refractivity contribution in [3.05, 3.63) is 63.6 Å². The zero-order valence-corrected chi connectivity index (χ0v) is 31.0. The number of sulfonamides is 2. The Morgan fingerprint density at radius 3 is 1.94 bits per heavy atom. The van der Waals surface area contributed by atoms with Crippen molar-refractivity contribution in [1.29, 1.82) is 0 Å². The molecule has 2 N–H and O–H groups in total. The second-order valence-electron chi connectivity index (χ2n) is 14.9. The van der Waals surface area contributed by atoms with E-state index in [-0.39, 0.29) is 46.6 Å². The normalized spacial score (nSPS) is 26.0. The number of ketones is 1. The predicted molar refractivity (Wildman–Crippen MR) is 185 cm³/mol. The number of benzene rings is 1. The van der Waals surface area contributed by atoms with Gasteiger partial charge in [0.05, 0.1) is 28.8 Å². The van der Waals surface area contributed by atoms with Crippen molar-refractivity contribution in [3.8, 4) is 0 Å². The van der Waals surface area contributed by atoms with Gasteiger partial charge in [0.15, 0.2) is 0 Å². The van der Waals surface area contributed by atoms with Gasteiger partial charge in [0.1, 0.15) is 5.76 Å². The van der Waals surface area contributed by atoms with Crippen LogP contribution >= 0.6 is 0 Å². The van der Waals surface area contributed by atoms with Crippen LogP contribution in [0.1, 0.15) is 80.4 Å². The Labute approximate surface area is 286 Å². The van der Waals surface area contributed by atoms with Crippen LogP contribution < -0.4 is 9.62 Å². The van der Waals surface area contributed by atoms with E-state index in [0.29, 0.717) is 11.3 Å². The van der Waals surface area contributed by atoms with Crippen LogP contribution in [0.25, 0.3) is 5.57 Å². The Balaban J connectivity index is 1.81. The molecule has 5 rings (SSSR count). The molecule has 2 atom stereocenters. The standard InChI is InChI=1S/C34H43F3N4O6S2/c1-16(2)40-18(5)32(7,8)22-12-20(24(14-26(22)40)38-48(11,44)45)28-30(42)29(31(28)43)21-13-23-27(41(17(3)4)19(6)33(23,9)10)15-25(21)39-49(46,47)34(35,36)37/h12-19,38,42H,1-11H3/b29-21-,39-25+. The third-order valence-electron chi connectivity index (χ3n) is 10.5. The number of aliphatic hydroxyl groups excluding tert-OH is 1. The highest BCUT2D eigenvalue weighted by molar-refractivity contribution is 7.92. The van der Waals surface area contributed by atoms with Crippen molar-refractivity contribution in [1.82, 2.24) is 4.90 Å². The number of nitrogens with zero attached hydrogens (tertiary/aromatic N) is 3. The second kappa shape index (κ2) is 11.2. The number of fused-ring (bicyclic) bond motifs is 2. The average molecular weight is 725 g/mol. The van der Waals surface area contributed by atoms with Gasteiger partial charge in [0.2, 0.25) is 15.8 Å². The largest absolute Gasteiger partial charge is 0.518 e. The fourth-order valence-corrected chi connectivity index (χ4v) is 8.57. The van der Waals surface area contributed by atoms with E-state index in [9.17, 15) is 39.9 Å². The number of alkyl halides is 3. The van der Waals surface area contributed by atoms with Crippen molar-refractivity contribution in [2.24, 2.45) is 9.81 Å². The molecule has 1 aromatic rings. The number of carbonyl (C=O) groups excluding carboxylic acids is 1. The Morgan fingerprint density at radius 1 is 0.898 bits per heavy atom. The van der Waals surface area contributed by atoms with Gasteiger partial charge in [0.25, 0.3) is 0 Å². The van der Waals surface area contributed by atoms with Crippen molar-refractivity contribution < 1.29 is 39.9 Å². The van der Waals surface area contributed by atoms with E-state index in [1.165, 1.54) is 12.2 Å². The molecule has 2 aliphatic carbocycles. The summed E-state index contributed by atoms with van der Waals surface area (Å²) in [6.07, 6.45) is 3.61. The second-order valence-corrected chi connectivity index (χ2v) is 18.3. The van der Waals surface area contributed by atoms with Crippen LogP contribution in [-0.2, 0) is 30.3 Å². The Bertz CT molecular complexity index is 2050. The molecule has 49 heavy (non-hydrogen) atoms. The van der Waals surface area contributed by atoms with E-state index in [1.807, 2.05) is 74.1 Å². The Kier molecular flexibility index (Phi) is 8.39. The summed E-state index contributed by atoms with van der Waals surface area (Å²) >= 11 is 0. The fraction of sp³-hybridized carbons (Fsp3) is 0.529. The lowest BCUT2D eigenvalue weighted by atomic mass is 9.74. The zero-order valence-electron chi connectivity index (χ0n) is 29.4. The molecular formula is C34H43F3N4O6S2. The van der Waals surface area contributed by atoms with Gasteiger partial charge in [-0.1, -0.05) is 27.7 Å². The molecule has 0 bridgehead atoms. The highest BCUT2D eigenvalue weighted by Gasteiger charge is 2.51. The smallest absolute Gasteiger partial charge is 0.506 e. The quantitative estimate of drug-likeness (QED) is 0.324. The molecule has 2 aliphatic heterocycles. The molecule has 2 heterocycles. The molecular weight excluding hydrogens is 682 g/mol. The third-order valence-corrected chi connectivity index (χ3v) is 12.1. The number of likely N-dealkylation sites (tertiary alicyclic amines) is 1. The molecule has 1 aromatic carbocycles. The van der Waals surface area contributed by atoms with E-state index in [0.717, 1.165) is 17.5 Å². The summed E-state index contributed by atoms with van der Waals surface area (Å²) < 4.78 is 96.2. The highest BCUT2D eigenvalue weighted by atomic mass is 32.2. The first-order chi connectivity index (χ1) is 22.1. The van der Waals surface area contributed by atoms with Gasteiger partial charge in [-0.15, -0.1) is 0 Å². The number of allylic oxidation sites excluding steroid dienone is 6. The van der Waals surface area contributed by atoms with E-state index in [1.54, 1.807) is 12.1 Å². The molecule has 4 aliphatic rings. The number of Topliss-reactive ketones (excluding diaryl/α,β-unsaturated/α-hetero) is 1. The maximum atomic E-state index is 14.1. The van der Waals surface area contributed by atoms with Crippen LogP contribution in [0.3, 0.4) is 0 Å². The fourth-order valence-electron chi connectivity index (χ4n) is 7.49. The molecule has 15 heteroatoms. The molecule has 1 saturated heterocycles. The zero-order chi connectivity index (χ0) is 37.1. The van der Waals surface area contributed by atoms with Crippen LogP contribution in [0.15, 0.2) is 56.9 Å². The van der Waals surface area contributed by atoms with E-state index >= 15 is 0 Å². The van der Waals surface area contributed by atoms with Crippen molar-refractivity contribution in [3.63, 3.8) is 0 Å². The Hall–Kier alpha value is -3.59. The predicted octanol–water partition coefficient (Wildman–Crippen LogP) is 6.35. The number of rotatable bonds is 6. The molecule has 268 valence electrons. The minimum atomic E-state index is -6.05. The summed E-state index contributed by atoms with van der Waals surface area (Å²) in [5.41, 5.74) is -5.58. The number of anilines is 2. The van der Waals surface area contributed by atoms with E-state index in [4.69, 9.17) is 0 Å². The molecule has 0 spiro atoms. The van der Waals surface area contributed by atoms with Gasteiger partial charge < -0.3 is 14.9 Å². The maximum absolute atomic E-state index is 14.1. The average Bonchev–Trinajstić information content (AvgIpc) is 3.24. The number of aliphatic hydroxyl groups is 1. The molecule has 0 radical (unpaired) electrons.